The van der Waals surface area contributed by atoms with Gasteiger partial charge in [0, 0.05) is 28.7 Å². The van der Waals surface area contributed by atoms with E-state index in [-0.39, 0.29) is 60.5 Å². The van der Waals surface area contributed by atoms with Crippen molar-refractivity contribution in [3.05, 3.63) is 76.9 Å². The molecule has 38 heavy (non-hydrogen) atoms. The molecule has 0 amide bonds. The number of aliphatic carboxylic acids is 3. The van der Waals surface area contributed by atoms with Gasteiger partial charge in [-0.3, -0.25) is 0 Å². The molecule has 0 bridgehead atoms. The number of unbranched alkanes of at least 4 members (excludes halogenated alkanes) is 1. The zero-order chi connectivity index (χ0) is 28.7. The van der Waals surface area contributed by atoms with Crippen molar-refractivity contribution < 1.29 is 34.8 Å². The normalized spacial score (nSPS) is 15.0. The van der Waals surface area contributed by atoms with Gasteiger partial charge in [-0.15, -0.1) is 0 Å². The van der Waals surface area contributed by atoms with Crippen molar-refractivity contribution in [2.45, 2.75) is 72.1 Å². The zero-order valence-corrected chi connectivity index (χ0v) is 22.8. The van der Waals surface area contributed by atoms with Crippen LogP contribution < -0.4 is 0 Å². The third-order valence-electron chi connectivity index (χ3n) is 7.01. The first-order valence-electron chi connectivity index (χ1n) is 13.3. The van der Waals surface area contributed by atoms with Crippen LogP contribution >= 0.6 is 0 Å². The third-order valence-corrected chi connectivity index (χ3v) is 7.01. The minimum Gasteiger partial charge on any atom is -0.478 e. The van der Waals surface area contributed by atoms with Gasteiger partial charge >= 0.3 is 17.9 Å². The Bertz CT molecular complexity index is 1050. The van der Waals surface area contributed by atoms with Crippen LogP contribution in [-0.2, 0) is 14.4 Å². The summed E-state index contributed by atoms with van der Waals surface area (Å²) in [6.07, 6.45) is 8.52. The van der Waals surface area contributed by atoms with Crippen molar-refractivity contribution >= 4 is 24.0 Å². The Morgan fingerprint density at radius 2 is 1.63 bits per heavy atom. The molecule has 0 aromatic heterocycles. The van der Waals surface area contributed by atoms with Gasteiger partial charge in [0.2, 0.25) is 0 Å². The SMILES string of the molecule is C=C(C(=O)O)C(C=Cc1ccccc1)(CC)C(C=C(CCCO)C(=O)O)=C(CC(CC)CCCC)C(=O)O. The molecule has 1 rings (SSSR count). The fourth-order valence-electron chi connectivity index (χ4n) is 4.58. The molecule has 0 aliphatic heterocycles. The van der Waals surface area contributed by atoms with Crippen LogP contribution in [0.15, 0.2) is 71.4 Å². The maximum absolute atomic E-state index is 12.8. The van der Waals surface area contributed by atoms with Crippen LogP contribution in [0, 0.1) is 11.3 Å². The number of hydrogen-bond donors (Lipinski definition) is 4. The molecule has 0 saturated heterocycles. The van der Waals surface area contributed by atoms with Crippen molar-refractivity contribution in [3.63, 3.8) is 0 Å². The van der Waals surface area contributed by atoms with E-state index in [1.807, 2.05) is 37.3 Å². The van der Waals surface area contributed by atoms with E-state index in [0.29, 0.717) is 0 Å². The van der Waals surface area contributed by atoms with Crippen LogP contribution in [0.5, 0.6) is 0 Å². The molecule has 208 valence electrons. The van der Waals surface area contributed by atoms with Crippen molar-refractivity contribution in [3.8, 4) is 0 Å². The molecule has 0 aliphatic carbocycles. The molecule has 4 N–H and O–H groups in total. The number of allylic oxidation sites excluding steroid dienone is 3. The molecule has 2 atom stereocenters. The minimum atomic E-state index is -1.49. The van der Waals surface area contributed by atoms with Crippen LogP contribution in [0.4, 0.5) is 0 Å². The first-order valence-corrected chi connectivity index (χ1v) is 13.3. The monoisotopic (exact) mass is 526 g/mol. The van der Waals surface area contributed by atoms with Gasteiger partial charge in [-0.2, -0.15) is 0 Å². The highest BCUT2D eigenvalue weighted by molar-refractivity contribution is 5.95. The highest BCUT2D eigenvalue weighted by Crippen LogP contribution is 2.45. The summed E-state index contributed by atoms with van der Waals surface area (Å²) in [5, 5.41) is 39.7. The Hall–Kier alpha value is -3.45. The van der Waals surface area contributed by atoms with E-state index < -0.39 is 23.3 Å². The maximum Gasteiger partial charge on any atom is 0.332 e. The summed E-state index contributed by atoms with van der Waals surface area (Å²) >= 11 is 0. The molecule has 2 unspecified atom stereocenters. The van der Waals surface area contributed by atoms with Gasteiger partial charge < -0.3 is 20.4 Å². The van der Waals surface area contributed by atoms with E-state index in [2.05, 4.69) is 13.5 Å². The van der Waals surface area contributed by atoms with Crippen LogP contribution in [-0.4, -0.2) is 44.9 Å². The molecule has 7 heteroatoms. The summed E-state index contributed by atoms with van der Waals surface area (Å²) in [6, 6.07) is 9.17. The molecular weight excluding hydrogens is 484 g/mol. The smallest absolute Gasteiger partial charge is 0.332 e. The summed E-state index contributed by atoms with van der Waals surface area (Å²) in [4.78, 5) is 37.3. The lowest BCUT2D eigenvalue weighted by Crippen LogP contribution is -2.30. The van der Waals surface area contributed by atoms with Gasteiger partial charge in [0.05, 0.1) is 0 Å². The van der Waals surface area contributed by atoms with Gasteiger partial charge in [0.15, 0.2) is 0 Å². The fourth-order valence-corrected chi connectivity index (χ4v) is 4.58. The Morgan fingerprint density at radius 3 is 2.11 bits per heavy atom. The van der Waals surface area contributed by atoms with Crippen LogP contribution in [0.2, 0.25) is 0 Å². The number of carboxylic acids is 3. The summed E-state index contributed by atoms with van der Waals surface area (Å²) in [7, 11) is 0. The standard InChI is InChI=1S/C31H42O7/c1-5-8-13-23(6-2)20-26(30(37)38)27(21-25(29(35)36)16-12-19-32)31(7-3,22(4)28(33)34)18-17-24-14-10-9-11-15-24/h9-11,14-15,17-18,21,23,32H,4-8,12-13,16,19-20H2,1-3H3,(H,33,34)(H,35,36)(H,37,38). The quantitative estimate of drug-likeness (QED) is 0.127. The van der Waals surface area contributed by atoms with Crippen LogP contribution in [0.25, 0.3) is 6.08 Å². The molecule has 0 fully saturated rings. The Morgan fingerprint density at radius 1 is 0.974 bits per heavy atom. The number of carbonyl (C=O) groups is 3. The zero-order valence-electron chi connectivity index (χ0n) is 22.8. The number of benzene rings is 1. The lowest BCUT2D eigenvalue weighted by atomic mass is 9.68. The molecule has 7 nitrogen and oxygen atoms in total. The number of rotatable bonds is 18. The second kappa shape index (κ2) is 16.4. The van der Waals surface area contributed by atoms with Crippen molar-refractivity contribution in [2.24, 2.45) is 11.3 Å². The summed E-state index contributed by atoms with van der Waals surface area (Å²) < 4.78 is 0. The maximum atomic E-state index is 12.8. The number of aliphatic hydroxyl groups is 1. The van der Waals surface area contributed by atoms with Crippen LogP contribution in [0.3, 0.4) is 0 Å². The molecule has 0 saturated carbocycles. The molecule has 1 aromatic rings. The van der Waals surface area contributed by atoms with E-state index in [9.17, 15) is 34.8 Å². The molecule has 0 radical (unpaired) electrons. The summed E-state index contributed by atoms with van der Waals surface area (Å²) in [6.45, 7) is 9.38. The topological polar surface area (TPSA) is 132 Å². The van der Waals surface area contributed by atoms with Crippen LogP contribution in [0.1, 0.15) is 77.7 Å². The largest absolute Gasteiger partial charge is 0.478 e. The highest BCUT2D eigenvalue weighted by Gasteiger charge is 2.39. The second-order valence-electron chi connectivity index (χ2n) is 9.47. The number of carboxylic acid groups (broad SMARTS) is 3. The Balaban J connectivity index is 4.12. The first kappa shape index (κ1) is 32.6. The molecule has 0 aliphatic rings. The van der Waals surface area contributed by atoms with Gasteiger partial charge in [0.25, 0.3) is 0 Å². The predicted octanol–water partition coefficient (Wildman–Crippen LogP) is 6.51. The van der Waals surface area contributed by atoms with E-state index in [1.165, 1.54) is 6.08 Å². The summed E-state index contributed by atoms with van der Waals surface area (Å²) in [5.41, 5.74) is -0.964. The van der Waals surface area contributed by atoms with Crippen molar-refractivity contribution in [2.75, 3.05) is 6.61 Å². The number of aliphatic hydroxyl groups excluding tert-OH is 1. The van der Waals surface area contributed by atoms with Crippen molar-refractivity contribution in [1.82, 2.24) is 0 Å². The number of hydrogen-bond acceptors (Lipinski definition) is 4. The van der Waals surface area contributed by atoms with E-state index >= 15 is 0 Å². The Kier molecular flexibility index (Phi) is 14.1. The predicted molar refractivity (Wildman–Crippen MR) is 150 cm³/mol. The third kappa shape index (κ3) is 9.14. The van der Waals surface area contributed by atoms with E-state index in [4.69, 9.17) is 0 Å². The lowest BCUT2D eigenvalue weighted by Gasteiger charge is -2.34. The molecule has 1 aromatic carbocycles. The summed E-state index contributed by atoms with van der Waals surface area (Å²) in [5.74, 6) is -3.75. The first-order chi connectivity index (χ1) is 18.1. The second-order valence-corrected chi connectivity index (χ2v) is 9.47. The van der Waals surface area contributed by atoms with Gasteiger partial charge in [0.1, 0.15) is 0 Å². The van der Waals surface area contributed by atoms with E-state index in [1.54, 1.807) is 19.1 Å². The highest BCUT2D eigenvalue weighted by atomic mass is 16.4. The van der Waals surface area contributed by atoms with Gasteiger partial charge in [-0.1, -0.05) is 95.5 Å². The fraction of sp³-hybridized carbons (Fsp3) is 0.452. The molecule has 0 heterocycles. The van der Waals surface area contributed by atoms with Gasteiger partial charge in [-0.05, 0) is 48.8 Å². The minimum absolute atomic E-state index is 0.00296. The lowest BCUT2D eigenvalue weighted by molar-refractivity contribution is -0.134. The average Bonchev–Trinajstić information content (AvgIpc) is 2.90. The molecule has 0 spiro atoms. The van der Waals surface area contributed by atoms with Crippen molar-refractivity contribution in [1.29, 1.82) is 0 Å². The average molecular weight is 527 g/mol. The molecular formula is C31H42O7. The van der Waals surface area contributed by atoms with E-state index in [0.717, 1.165) is 31.2 Å². The Labute approximate surface area is 225 Å². The van der Waals surface area contributed by atoms with Gasteiger partial charge in [-0.25, -0.2) is 14.4 Å².